The quantitative estimate of drug-likeness (QED) is 0.299. The van der Waals surface area contributed by atoms with Crippen molar-refractivity contribution in [1.82, 2.24) is 9.80 Å². The monoisotopic (exact) mass is 544 g/mol. The number of thiophene rings is 1. The van der Waals surface area contributed by atoms with E-state index in [1.807, 2.05) is 17.0 Å². The minimum atomic E-state index is -0.226. The first-order valence-electron chi connectivity index (χ1n) is 12.1. The molecule has 4 rings (SSSR count). The molecule has 1 aliphatic rings. The minimum Gasteiger partial charge on any atom is -0.491 e. The van der Waals surface area contributed by atoms with E-state index in [1.165, 1.54) is 4.88 Å². The first-order chi connectivity index (χ1) is 17.3. The Morgan fingerprint density at radius 3 is 2.61 bits per heavy atom. The van der Waals surface area contributed by atoms with Crippen molar-refractivity contribution in [1.29, 1.82) is 0 Å². The first-order valence-corrected chi connectivity index (χ1v) is 13.7. The molecule has 0 saturated heterocycles. The summed E-state index contributed by atoms with van der Waals surface area (Å²) in [4.78, 5) is 31.8. The van der Waals surface area contributed by atoms with Gasteiger partial charge in [-0.3, -0.25) is 9.59 Å². The summed E-state index contributed by atoms with van der Waals surface area (Å²) in [6.07, 6.45) is 1.60. The molecule has 0 saturated carbocycles. The fourth-order valence-electron chi connectivity index (χ4n) is 4.31. The minimum absolute atomic E-state index is 0.00891. The summed E-state index contributed by atoms with van der Waals surface area (Å²) in [5.74, 6) is 0.826. The maximum atomic E-state index is 13.7. The molecule has 8 heteroatoms. The zero-order valence-corrected chi connectivity index (χ0v) is 22.8. The van der Waals surface area contributed by atoms with E-state index in [4.69, 9.17) is 27.9 Å². The smallest absolute Gasteiger partial charge is 0.254 e. The van der Waals surface area contributed by atoms with Crippen molar-refractivity contribution in [3.05, 3.63) is 86.0 Å². The normalized spacial score (nSPS) is 15.0. The van der Waals surface area contributed by atoms with E-state index in [2.05, 4.69) is 25.3 Å². The molecule has 0 aliphatic carbocycles. The average molecular weight is 546 g/mol. The predicted octanol–water partition coefficient (Wildman–Crippen LogP) is 6.75. The molecule has 1 aliphatic heterocycles. The van der Waals surface area contributed by atoms with Crippen LogP contribution < -0.4 is 4.74 Å². The molecule has 190 valence electrons. The lowest BCUT2D eigenvalue weighted by Gasteiger charge is -2.37. The van der Waals surface area contributed by atoms with Crippen LogP contribution >= 0.6 is 34.5 Å². The number of nitrogens with zero attached hydrogens (tertiary/aromatic N) is 2. The molecule has 0 unspecified atom stereocenters. The van der Waals surface area contributed by atoms with E-state index in [9.17, 15) is 9.59 Å². The number of benzene rings is 2. The Hall–Kier alpha value is -2.54. The van der Waals surface area contributed by atoms with Crippen LogP contribution in [0.1, 0.15) is 47.1 Å². The van der Waals surface area contributed by atoms with Gasteiger partial charge in [-0.15, -0.1) is 11.3 Å². The summed E-state index contributed by atoms with van der Waals surface area (Å²) in [5, 5.41) is 3.20. The third-order valence-corrected chi connectivity index (χ3v) is 7.78. The SMILES string of the molecule is CC(C)CCN(CC(=O)N1CCc2sccc2[C@@H]1COc1ccc(Cl)cc1)C(=O)c1cccc(Cl)c1. The highest BCUT2D eigenvalue weighted by Crippen LogP contribution is 2.34. The Morgan fingerprint density at radius 1 is 1.11 bits per heavy atom. The van der Waals surface area contributed by atoms with Gasteiger partial charge in [0.05, 0.1) is 6.04 Å². The van der Waals surface area contributed by atoms with E-state index in [0.717, 1.165) is 18.4 Å². The topological polar surface area (TPSA) is 49.9 Å². The molecule has 0 N–H and O–H groups in total. The van der Waals surface area contributed by atoms with Gasteiger partial charge >= 0.3 is 0 Å². The van der Waals surface area contributed by atoms with Gasteiger partial charge in [0, 0.05) is 33.6 Å². The van der Waals surface area contributed by atoms with Gasteiger partial charge in [0.1, 0.15) is 18.9 Å². The second-order valence-corrected chi connectivity index (χ2v) is 11.2. The Morgan fingerprint density at radius 2 is 1.89 bits per heavy atom. The molecular formula is C28H30Cl2N2O3S. The van der Waals surface area contributed by atoms with Gasteiger partial charge < -0.3 is 14.5 Å². The van der Waals surface area contributed by atoms with Crippen molar-refractivity contribution in [2.75, 3.05) is 26.2 Å². The fourth-order valence-corrected chi connectivity index (χ4v) is 5.55. The Balaban J connectivity index is 1.53. The van der Waals surface area contributed by atoms with Crippen molar-refractivity contribution in [3.63, 3.8) is 0 Å². The third kappa shape index (κ3) is 6.61. The highest BCUT2D eigenvalue weighted by molar-refractivity contribution is 7.10. The van der Waals surface area contributed by atoms with Gasteiger partial charge in [-0.1, -0.05) is 43.1 Å². The van der Waals surface area contributed by atoms with E-state index >= 15 is 0 Å². The first kappa shape index (κ1) is 26.5. The van der Waals surface area contributed by atoms with Crippen LogP contribution in [0.3, 0.4) is 0 Å². The Kier molecular flexibility index (Phi) is 8.94. The molecular weight excluding hydrogens is 515 g/mol. The second-order valence-electron chi connectivity index (χ2n) is 9.34. The molecule has 0 bridgehead atoms. The van der Waals surface area contributed by atoms with Crippen LogP contribution in [0.15, 0.2) is 60.0 Å². The number of fused-ring (bicyclic) bond motifs is 1. The highest BCUT2D eigenvalue weighted by atomic mass is 35.5. The molecule has 0 fully saturated rings. The van der Waals surface area contributed by atoms with Crippen molar-refractivity contribution < 1.29 is 14.3 Å². The van der Waals surface area contributed by atoms with Gasteiger partial charge in [0.2, 0.25) is 5.91 Å². The standard InChI is InChI=1S/C28H30Cl2N2O3S/c1-19(2)10-13-31(28(34)20-4-3-5-22(30)16-20)17-27(33)32-14-11-26-24(12-15-36-26)25(32)18-35-23-8-6-21(29)7-9-23/h3-9,12,15-16,19,25H,10-11,13-14,17-18H2,1-2H3/t25-/m0/s1. The van der Waals surface area contributed by atoms with Crippen molar-refractivity contribution in [2.45, 2.75) is 32.7 Å². The molecule has 3 aromatic rings. The average Bonchev–Trinajstić information content (AvgIpc) is 3.34. The van der Waals surface area contributed by atoms with Crippen LogP contribution in [-0.4, -0.2) is 47.9 Å². The summed E-state index contributed by atoms with van der Waals surface area (Å²) < 4.78 is 6.08. The molecule has 1 aromatic heterocycles. The molecule has 5 nitrogen and oxygen atoms in total. The lowest BCUT2D eigenvalue weighted by Crippen LogP contribution is -2.48. The molecule has 36 heavy (non-hydrogen) atoms. The Bertz CT molecular complexity index is 1200. The van der Waals surface area contributed by atoms with Gasteiger partial charge in [0.15, 0.2) is 0 Å². The van der Waals surface area contributed by atoms with E-state index in [0.29, 0.717) is 47.0 Å². The van der Waals surface area contributed by atoms with Crippen LogP contribution in [0.2, 0.25) is 10.0 Å². The Labute approximate surface area is 226 Å². The number of halogens is 2. The van der Waals surface area contributed by atoms with Gasteiger partial charge in [-0.2, -0.15) is 0 Å². The molecule has 2 heterocycles. The van der Waals surface area contributed by atoms with Crippen LogP contribution in [-0.2, 0) is 11.2 Å². The van der Waals surface area contributed by atoms with Gasteiger partial charge in [0.25, 0.3) is 5.91 Å². The number of hydrogen-bond donors (Lipinski definition) is 0. The third-order valence-electron chi connectivity index (χ3n) is 6.30. The van der Waals surface area contributed by atoms with Crippen LogP contribution in [0.5, 0.6) is 5.75 Å². The maximum Gasteiger partial charge on any atom is 0.254 e. The molecule has 0 spiro atoms. The molecule has 0 radical (unpaired) electrons. The number of ether oxygens (including phenoxy) is 1. The number of rotatable bonds is 9. The maximum absolute atomic E-state index is 13.7. The van der Waals surface area contributed by atoms with Crippen molar-refractivity contribution >= 4 is 46.4 Å². The number of amides is 2. The van der Waals surface area contributed by atoms with E-state index < -0.39 is 0 Å². The van der Waals surface area contributed by atoms with Gasteiger partial charge in [-0.25, -0.2) is 0 Å². The summed E-state index contributed by atoms with van der Waals surface area (Å²) in [7, 11) is 0. The number of hydrogen-bond acceptors (Lipinski definition) is 4. The zero-order chi connectivity index (χ0) is 25.7. The summed E-state index contributed by atoms with van der Waals surface area (Å²) in [6.45, 7) is 5.64. The fraction of sp³-hybridized carbons (Fsp3) is 0.357. The second kappa shape index (κ2) is 12.1. The number of carbonyl (C=O) groups excluding carboxylic acids is 2. The summed E-state index contributed by atoms with van der Waals surface area (Å²) in [5.41, 5.74) is 1.60. The summed E-state index contributed by atoms with van der Waals surface area (Å²) in [6, 6.07) is 15.9. The zero-order valence-electron chi connectivity index (χ0n) is 20.5. The van der Waals surface area contributed by atoms with Crippen molar-refractivity contribution in [3.8, 4) is 5.75 Å². The van der Waals surface area contributed by atoms with Gasteiger partial charge in [-0.05, 0) is 78.2 Å². The predicted molar refractivity (Wildman–Crippen MR) is 146 cm³/mol. The van der Waals surface area contributed by atoms with Crippen molar-refractivity contribution in [2.24, 2.45) is 5.92 Å². The van der Waals surface area contributed by atoms with E-state index in [1.54, 1.807) is 52.6 Å². The van der Waals surface area contributed by atoms with Crippen LogP contribution in [0, 0.1) is 5.92 Å². The molecule has 2 aromatic carbocycles. The van der Waals surface area contributed by atoms with Crippen LogP contribution in [0.4, 0.5) is 0 Å². The molecule has 1 atom stereocenters. The summed E-state index contributed by atoms with van der Waals surface area (Å²) >= 11 is 13.8. The number of carbonyl (C=O) groups is 2. The largest absolute Gasteiger partial charge is 0.491 e. The lowest BCUT2D eigenvalue weighted by atomic mass is 10.00. The lowest BCUT2D eigenvalue weighted by molar-refractivity contribution is -0.135. The van der Waals surface area contributed by atoms with E-state index in [-0.39, 0.29) is 24.4 Å². The molecule has 2 amide bonds. The van der Waals surface area contributed by atoms with Crippen LogP contribution in [0.25, 0.3) is 0 Å². The highest BCUT2D eigenvalue weighted by Gasteiger charge is 2.33.